The second-order valence-corrected chi connectivity index (χ2v) is 2.89. The number of aryl methyl sites for hydroxylation is 1. The molecule has 0 fully saturated rings. The largest absolute Gasteiger partial charge is 0.303 e. The van der Waals surface area contributed by atoms with Crippen LogP contribution in [-0.2, 0) is 11.2 Å². The Morgan fingerprint density at radius 1 is 1.38 bits per heavy atom. The average molecular weight is 199 g/mol. The molecule has 70 valence electrons. The maximum Gasteiger partial charge on any atom is 0.229 e. The summed E-state index contributed by atoms with van der Waals surface area (Å²) < 4.78 is 14.7. The molecule has 1 rings (SSSR count). The van der Waals surface area contributed by atoms with Crippen molar-refractivity contribution in [2.24, 2.45) is 0 Å². The Hall–Kier alpha value is -1.03. The zero-order valence-corrected chi connectivity index (χ0v) is 7.85. The molecular weight excluding hydrogens is 189 g/mol. The fourth-order valence-electron chi connectivity index (χ4n) is 0.965. The Morgan fingerprint density at radius 3 is 2.54 bits per heavy atom. The highest BCUT2D eigenvalue weighted by Crippen LogP contribution is 2.05. The van der Waals surface area contributed by atoms with Crippen molar-refractivity contribution in [1.29, 1.82) is 0 Å². The molecule has 0 bridgehead atoms. The molecule has 0 unspecified atom stereocenters. The molecule has 0 saturated heterocycles. The summed E-state index contributed by atoms with van der Waals surface area (Å²) in [6, 6.07) is 6.10. The smallest absolute Gasteiger partial charge is 0.229 e. The van der Waals surface area contributed by atoms with Crippen LogP contribution < -0.4 is 4.72 Å². The van der Waals surface area contributed by atoms with Gasteiger partial charge in [0.05, 0.1) is 0 Å². The Labute approximate surface area is 81.7 Å². The molecule has 0 aromatic heterocycles. The van der Waals surface area contributed by atoms with E-state index in [1.807, 2.05) is 0 Å². The van der Waals surface area contributed by atoms with Gasteiger partial charge in [-0.1, -0.05) is 24.9 Å². The van der Waals surface area contributed by atoms with E-state index in [1.165, 1.54) is 12.1 Å². The van der Waals surface area contributed by atoms with Gasteiger partial charge in [-0.2, -0.15) is 0 Å². The molecule has 0 atom stereocenters. The number of benzene rings is 1. The maximum atomic E-state index is 12.5. The quantitative estimate of drug-likeness (QED) is 0.713. The molecule has 0 aliphatic rings. The first kappa shape index (κ1) is 10.1. The molecule has 1 aromatic carbocycles. The van der Waals surface area contributed by atoms with Crippen LogP contribution in [0.25, 0.3) is 0 Å². The molecule has 0 aliphatic heterocycles. The zero-order valence-electron chi connectivity index (χ0n) is 6.96. The zero-order chi connectivity index (χ0) is 9.68. The van der Waals surface area contributed by atoms with E-state index in [0.29, 0.717) is 12.8 Å². The third kappa shape index (κ3) is 3.46. The molecule has 1 N–H and O–H groups in total. The summed E-state index contributed by atoms with van der Waals surface area (Å²) in [5.74, 6) is -0.393. The van der Waals surface area contributed by atoms with Crippen molar-refractivity contribution in [3.8, 4) is 0 Å². The number of halogens is 1. The molecule has 0 aliphatic carbocycles. The lowest BCUT2D eigenvalue weighted by Gasteiger charge is -1.99. The van der Waals surface area contributed by atoms with Crippen LogP contribution in [0, 0.1) is 5.82 Å². The Morgan fingerprint density at radius 2 is 2.00 bits per heavy atom. The predicted octanol–water partition coefficient (Wildman–Crippen LogP) is 1.72. The lowest BCUT2D eigenvalue weighted by molar-refractivity contribution is -0.119. The summed E-state index contributed by atoms with van der Waals surface area (Å²) in [6.07, 6.45) is 0.974. The van der Waals surface area contributed by atoms with Crippen molar-refractivity contribution < 1.29 is 9.18 Å². The molecule has 0 saturated carbocycles. The molecular formula is C9H10FNOS. The Kier molecular flexibility index (Phi) is 3.76. The molecule has 0 spiro atoms. The summed E-state index contributed by atoms with van der Waals surface area (Å²) in [7, 11) is 0. The highest BCUT2D eigenvalue weighted by molar-refractivity contribution is 7.78. The number of thiol groups is 1. The second-order valence-electron chi connectivity index (χ2n) is 2.66. The van der Waals surface area contributed by atoms with Gasteiger partial charge in [0.2, 0.25) is 5.91 Å². The van der Waals surface area contributed by atoms with Gasteiger partial charge in [-0.05, 0) is 24.1 Å². The van der Waals surface area contributed by atoms with Gasteiger partial charge >= 0.3 is 0 Å². The van der Waals surface area contributed by atoms with Crippen LogP contribution in [-0.4, -0.2) is 5.91 Å². The van der Waals surface area contributed by atoms with Crippen LogP contribution in [0.4, 0.5) is 4.39 Å². The third-order valence-electron chi connectivity index (χ3n) is 1.68. The molecule has 1 aromatic rings. The maximum absolute atomic E-state index is 12.5. The van der Waals surface area contributed by atoms with Crippen molar-refractivity contribution in [1.82, 2.24) is 4.72 Å². The average Bonchev–Trinajstić information content (AvgIpc) is 2.16. The van der Waals surface area contributed by atoms with Crippen molar-refractivity contribution in [2.75, 3.05) is 0 Å². The van der Waals surface area contributed by atoms with E-state index < -0.39 is 0 Å². The minimum absolute atomic E-state index is 0.132. The van der Waals surface area contributed by atoms with E-state index in [0.717, 1.165) is 5.56 Å². The molecule has 0 heterocycles. The standard InChI is InChI=1S/C9H10FNOS/c10-8-4-1-7(2-5-8)3-6-9(12)11-13/h1-2,4-5,13H,3,6H2,(H,11,12). The summed E-state index contributed by atoms with van der Waals surface area (Å²) in [5.41, 5.74) is 0.943. The first-order valence-corrected chi connectivity index (χ1v) is 4.34. The first-order valence-electron chi connectivity index (χ1n) is 3.90. The SMILES string of the molecule is O=C(CCc1ccc(F)cc1)NS. The van der Waals surface area contributed by atoms with Crippen LogP contribution in [0.2, 0.25) is 0 Å². The summed E-state index contributed by atoms with van der Waals surface area (Å²) >= 11 is 3.62. The van der Waals surface area contributed by atoms with Crippen LogP contribution in [0.1, 0.15) is 12.0 Å². The normalized spacial score (nSPS) is 9.69. The monoisotopic (exact) mass is 199 g/mol. The van der Waals surface area contributed by atoms with Gasteiger partial charge in [0.15, 0.2) is 0 Å². The van der Waals surface area contributed by atoms with Gasteiger partial charge < -0.3 is 4.72 Å². The van der Waals surface area contributed by atoms with Crippen LogP contribution >= 0.6 is 12.8 Å². The van der Waals surface area contributed by atoms with Gasteiger partial charge in [0, 0.05) is 6.42 Å². The number of rotatable bonds is 3. The molecule has 13 heavy (non-hydrogen) atoms. The molecule has 2 nitrogen and oxygen atoms in total. The summed E-state index contributed by atoms with van der Waals surface area (Å²) in [5, 5.41) is 0. The number of hydrogen-bond donors (Lipinski definition) is 2. The van der Waals surface area contributed by atoms with Crippen LogP contribution in [0.3, 0.4) is 0 Å². The summed E-state index contributed by atoms with van der Waals surface area (Å²) in [6.45, 7) is 0. The van der Waals surface area contributed by atoms with Crippen LogP contribution in [0.5, 0.6) is 0 Å². The van der Waals surface area contributed by atoms with E-state index >= 15 is 0 Å². The molecule has 1 amide bonds. The highest BCUT2D eigenvalue weighted by Gasteiger charge is 1.99. The number of carbonyl (C=O) groups is 1. The number of nitrogens with one attached hydrogen (secondary N) is 1. The molecule has 4 heteroatoms. The Bertz CT molecular complexity index is 286. The highest BCUT2D eigenvalue weighted by atomic mass is 32.1. The topological polar surface area (TPSA) is 29.1 Å². The van der Waals surface area contributed by atoms with Gasteiger partial charge in [-0.25, -0.2) is 4.39 Å². The Balaban J connectivity index is 2.46. The van der Waals surface area contributed by atoms with Crippen LogP contribution in [0.15, 0.2) is 24.3 Å². The lowest BCUT2D eigenvalue weighted by atomic mass is 10.1. The summed E-state index contributed by atoms with van der Waals surface area (Å²) in [4.78, 5) is 10.8. The van der Waals surface area contributed by atoms with Crippen molar-refractivity contribution in [2.45, 2.75) is 12.8 Å². The number of amides is 1. The van der Waals surface area contributed by atoms with E-state index in [1.54, 1.807) is 12.1 Å². The van der Waals surface area contributed by atoms with Gasteiger partial charge in [-0.3, -0.25) is 4.79 Å². The fraction of sp³-hybridized carbons (Fsp3) is 0.222. The van der Waals surface area contributed by atoms with E-state index in [9.17, 15) is 9.18 Å². The van der Waals surface area contributed by atoms with E-state index in [4.69, 9.17) is 0 Å². The van der Waals surface area contributed by atoms with Crippen molar-refractivity contribution in [3.05, 3.63) is 35.6 Å². The minimum atomic E-state index is -0.262. The van der Waals surface area contributed by atoms with Crippen molar-refractivity contribution >= 4 is 18.7 Å². The van der Waals surface area contributed by atoms with Crippen molar-refractivity contribution in [3.63, 3.8) is 0 Å². The van der Waals surface area contributed by atoms with E-state index in [2.05, 4.69) is 17.5 Å². The van der Waals surface area contributed by atoms with E-state index in [-0.39, 0.29) is 11.7 Å². The lowest BCUT2D eigenvalue weighted by Crippen LogP contribution is -2.12. The fourth-order valence-corrected chi connectivity index (χ4v) is 1.08. The predicted molar refractivity (Wildman–Crippen MR) is 51.8 cm³/mol. The van der Waals surface area contributed by atoms with Gasteiger partial charge in [0.1, 0.15) is 5.82 Å². The second kappa shape index (κ2) is 4.87. The first-order chi connectivity index (χ1) is 6.22. The number of carbonyl (C=O) groups excluding carboxylic acids is 1. The third-order valence-corrected chi connectivity index (χ3v) is 1.93. The number of hydrogen-bond acceptors (Lipinski definition) is 2. The minimum Gasteiger partial charge on any atom is -0.303 e. The molecule has 0 radical (unpaired) electrons. The van der Waals surface area contributed by atoms with Gasteiger partial charge in [-0.15, -0.1) is 0 Å². The van der Waals surface area contributed by atoms with Gasteiger partial charge in [0.25, 0.3) is 0 Å².